The molecule has 0 heterocycles. The monoisotopic (exact) mass is 303 g/mol. The lowest BCUT2D eigenvalue weighted by atomic mass is 9.73. The average molecular weight is 304 g/mol. The molecule has 2 rings (SSSR count). The highest BCUT2D eigenvalue weighted by molar-refractivity contribution is 9.10. The summed E-state index contributed by atoms with van der Waals surface area (Å²) >= 11 is 3.09. The van der Waals surface area contributed by atoms with E-state index < -0.39 is 17.2 Å². The molecule has 4 heteroatoms. The topological polar surface area (TPSA) is 26.0 Å². The predicted molar refractivity (Wildman–Crippen MR) is 67.6 cm³/mol. The van der Waals surface area contributed by atoms with Gasteiger partial charge < -0.3 is 5.73 Å². The number of nitrogens with two attached hydrogens (primary N) is 1. The molecule has 94 valence electrons. The molecular formula is C13H16BrF2N. The van der Waals surface area contributed by atoms with E-state index in [4.69, 9.17) is 5.73 Å². The normalized spacial score (nSPS) is 29.4. The smallest absolute Gasteiger partial charge is 0.145 e. The maximum absolute atomic E-state index is 14.0. The Hall–Kier alpha value is -0.480. The summed E-state index contributed by atoms with van der Waals surface area (Å²) in [5.74, 6) is -0.505. The molecule has 0 radical (unpaired) electrons. The van der Waals surface area contributed by atoms with E-state index in [9.17, 15) is 8.78 Å². The summed E-state index contributed by atoms with van der Waals surface area (Å²) in [6.45, 7) is 2.15. The summed E-state index contributed by atoms with van der Waals surface area (Å²) in [4.78, 5) is 0. The van der Waals surface area contributed by atoms with Crippen molar-refractivity contribution in [1.82, 2.24) is 0 Å². The van der Waals surface area contributed by atoms with E-state index >= 15 is 0 Å². The Labute approximate surface area is 109 Å². The molecule has 0 aliphatic heterocycles. The lowest BCUT2D eigenvalue weighted by Gasteiger charge is -2.37. The number of rotatable bonds is 1. The van der Waals surface area contributed by atoms with Crippen molar-refractivity contribution in [1.29, 1.82) is 0 Å². The van der Waals surface area contributed by atoms with Gasteiger partial charge in [0.25, 0.3) is 0 Å². The first-order valence-electron chi connectivity index (χ1n) is 5.87. The Morgan fingerprint density at radius 3 is 2.47 bits per heavy atom. The summed E-state index contributed by atoms with van der Waals surface area (Å²) in [7, 11) is 0. The molecule has 1 saturated carbocycles. The molecule has 0 saturated heterocycles. The van der Waals surface area contributed by atoms with Crippen LogP contribution in [0.4, 0.5) is 8.78 Å². The van der Waals surface area contributed by atoms with Crippen molar-refractivity contribution >= 4 is 15.9 Å². The van der Waals surface area contributed by atoms with Crippen LogP contribution in [0.15, 0.2) is 16.6 Å². The summed E-state index contributed by atoms with van der Waals surface area (Å²) in [6, 6.07) is 2.65. The minimum absolute atomic E-state index is 0.0405. The number of benzene rings is 1. The van der Waals surface area contributed by atoms with Crippen LogP contribution in [0.25, 0.3) is 0 Å². The highest BCUT2D eigenvalue weighted by Gasteiger charge is 2.36. The minimum Gasteiger partial charge on any atom is -0.321 e. The SMILES string of the molecule is CC1CCC(N)(c2c(F)ccc(Br)c2F)CC1. The third kappa shape index (κ3) is 2.38. The van der Waals surface area contributed by atoms with Crippen LogP contribution in [0.2, 0.25) is 0 Å². The molecule has 2 N–H and O–H groups in total. The van der Waals surface area contributed by atoms with E-state index in [2.05, 4.69) is 22.9 Å². The lowest BCUT2D eigenvalue weighted by molar-refractivity contribution is 0.235. The standard InChI is InChI=1S/C13H16BrF2N/c1-8-4-6-13(17,7-5-8)11-10(15)3-2-9(14)12(11)16/h2-3,8H,4-7,17H2,1H3. The Morgan fingerprint density at radius 2 is 1.88 bits per heavy atom. The number of halogens is 3. The Morgan fingerprint density at radius 1 is 1.29 bits per heavy atom. The van der Waals surface area contributed by atoms with Gasteiger partial charge in [-0.15, -0.1) is 0 Å². The fraction of sp³-hybridized carbons (Fsp3) is 0.538. The summed E-state index contributed by atoms with van der Waals surface area (Å²) in [5.41, 5.74) is 5.40. The molecule has 1 aliphatic carbocycles. The Bertz CT molecular complexity index is 426. The van der Waals surface area contributed by atoms with Crippen LogP contribution in [-0.4, -0.2) is 0 Å². The van der Waals surface area contributed by atoms with Crippen molar-refractivity contribution in [3.8, 4) is 0 Å². The molecule has 0 amide bonds. The zero-order valence-electron chi connectivity index (χ0n) is 9.77. The van der Waals surface area contributed by atoms with Crippen LogP contribution in [-0.2, 0) is 5.54 Å². The predicted octanol–water partition coefficient (Wildman–Crippen LogP) is 4.09. The van der Waals surface area contributed by atoms with Crippen molar-refractivity contribution in [2.75, 3.05) is 0 Å². The molecule has 17 heavy (non-hydrogen) atoms. The highest BCUT2D eigenvalue weighted by atomic mass is 79.9. The van der Waals surface area contributed by atoms with Gasteiger partial charge in [-0.3, -0.25) is 0 Å². The van der Waals surface area contributed by atoms with E-state index in [-0.39, 0.29) is 10.0 Å². The van der Waals surface area contributed by atoms with Gasteiger partial charge in [-0.1, -0.05) is 6.92 Å². The van der Waals surface area contributed by atoms with E-state index in [0.29, 0.717) is 18.8 Å². The van der Waals surface area contributed by atoms with E-state index in [1.165, 1.54) is 12.1 Å². The molecule has 1 fully saturated rings. The molecule has 1 aliphatic rings. The summed E-state index contributed by atoms with van der Waals surface area (Å²) in [5, 5.41) is 0. The van der Waals surface area contributed by atoms with Gasteiger partial charge in [-0.25, -0.2) is 8.78 Å². The Balaban J connectivity index is 2.43. The maximum atomic E-state index is 14.0. The molecular weight excluding hydrogens is 288 g/mol. The van der Waals surface area contributed by atoms with Gasteiger partial charge in [-0.05, 0) is 59.7 Å². The van der Waals surface area contributed by atoms with Gasteiger partial charge in [-0.2, -0.15) is 0 Å². The van der Waals surface area contributed by atoms with Crippen molar-refractivity contribution < 1.29 is 8.78 Å². The first-order chi connectivity index (χ1) is 7.94. The van der Waals surface area contributed by atoms with Crippen LogP contribution < -0.4 is 5.73 Å². The third-order valence-corrected chi connectivity index (χ3v) is 4.32. The summed E-state index contributed by atoms with van der Waals surface area (Å²) < 4.78 is 28.1. The van der Waals surface area contributed by atoms with Gasteiger partial charge in [0.15, 0.2) is 0 Å². The largest absolute Gasteiger partial charge is 0.321 e. The maximum Gasteiger partial charge on any atom is 0.145 e. The van der Waals surface area contributed by atoms with E-state index in [1.54, 1.807) is 0 Å². The van der Waals surface area contributed by atoms with Crippen LogP contribution in [0.1, 0.15) is 38.2 Å². The summed E-state index contributed by atoms with van der Waals surface area (Å²) in [6.07, 6.45) is 3.11. The van der Waals surface area contributed by atoms with Gasteiger partial charge in [0.05, 0.1) is 4.47 Å². The van der Waals surface area contributed by atoms with Gasteiger partial charge in [0.1, 0.15) is 11.6 Å². The second-order valence-corrected chi connectivity index (χ2v) is 5.91. The second kappa shape index (κ2) is 4.65. The zero-order valence-corrected chi connectivity index (χ0v) is 11.4. The van der Waals surface area contributed by atoms with Crippen LogP contribution >= 0.6 is 15.9 Å². The van der Waals surface area contributed by atoms with Crippen LogP contribution in [0.5, 0.6) is 0 Å². The quantitative estimate of drug-likeness (QED) is 0.777. The molecule has 0 bridgehead atoms. The van der Waals surface area contributed by atoms with Crippen LogP contribution in [0.3, 0.4) is 0 Å². The lowest BCUT2D eigenvalue weighted by Crippen LogP contribution is -2.41. The fourth-order valence-corrected chi connectivity index (χ4v) is 2.84. The molecule has 0 atom stereocenters. The first-order valence-corrected chi connectivity index (χ1v) is 6.66. The second-order valence-electron chi connectivity index (χ2n) is 5.06. The van der Waals surface area contributed by atoms with Gasteiger partial charge >= 0.3 is 0 Å². The van der Waals surface area contributed by atoms with E-state index in [1.807, 2.05) is 0 Å². The van der Waals surface area contributed by atoms with Crippen molar-refractivity contribution in [2.45, 2.75) is 38.1 Å². The molecule has 0 spiro atoms. The van der Waals surface area contributed by atoms with Gasteiger partial charge in [0.2, 0.25) is 0 Å². The molecule has 1 nitrogen and oxygen atoms in total. The van der Waals surface area contributed by atoms with Crippen molar-refractivity contribution in [3.05, 3.63) is 33.8 Å². The van der Waals surface area contributed by atoms with E-state index in [0.717, 1.165) is 12.8 Å². The Kier molecular flexibility index (Phi) is 3.55. The number of hydrogen-bond acceptors (Lipinski definition) is 1. The molecule has 1 aromatic carbocycles. The van der Waals surface area contributed by atoms with Crippen LogP contribution in [0, 0.1) is 17.6 Å². The van der Waals surface area contributed by atoms with Crippen molar-refractivity contribution in [3.63, 3.8) is 0 Å². The minimum atomic E-state index is -0.857. The average Bonchev–Trinajstić information content (AvgIpc) is 2.29. The molecule has 1 aromatic rings. The fourth-order valence-electron chi connectivity index (χ4n) is 2.51. The highest BCUT2D eigenvalue weighted by Crippen LogP contribution is 2.40. The molecule has 0 aromatic heterocycles. The molecule has 0 unspecified atom stereocenters. The first kappa shape index (κ1) is 13.0. The third-order valence-electron chi connectivity index (χ3n) is 3.71. The number of hydrogen-bond donors (Lipinski definition) is 1. The van der Waals surface area contributed by atoms with Crippen molar-refractivity contribution in [2.24, 2.45) is 11.7 Å². The van der Waals surface area contributed by atoms with Gasteiger partial charge in [0, 0.05) is 11.1 Å². The zero-order chi connectivity index (χ0) is 12.6.